The molecule has 1 amide bonds. The first-order chi connectivity index (χ1) is 13.0. The van der Waals surface area contributed by atoms with Crippen LogP contribution in [0.5, 0.6) is 11.5 Å². The Bertz CT molecular complexity index is 937. The van der Waals surface area contributed by atoms with Crippen LogP contribution in [-0.2, 0) is 4.79 Å². The van der Waals surface area contributed by atoms with E-state index in [0.717, 1.165) is 22.4 Å². The molecule has 0 saturated carbocycles. The average molecular weight is 382 g/mol. The first-order valence-electron chi connectivity index (χ1n) is 8.70. The number of benzene rings is 2. The molecule has 1 heterocycles. The van der Waals surface area contributed by atoms with Gasteiger partial charge in [-0.3, -0.25) is 9.69 Å². The highest BCUT2D eigenvalue weighted by Gasteiger charge is 2.33. The lowest BCUT2D eigenvalue weighted by atomic mass is 10.1. The lowest BCUT2D eigenvalue weighted by Crippen LogP contribution is -2.31. The van der Waals surface area contributed by atoms with Crippen LogP contribution in [0.2, 0.25) is 0 Å². The van der Waals surface area contributed by atoms with Crippen molar-refractivity contribution in [1.29, 1.82) is 0 Å². The van der Waals surface area contributed by atoms with Crippen molar-refractivity contribution in [2.24, 2.45) is 0 Å². The van der Waals surface area contributed by atoms with Crippen molar-refractivity contribution >= 4 is 35.0 Å². The number of methoxy groups -OCH3 is 1. The van der Waals surface area contributed by atoms with Crippen LogP contribution in [0.1, 0.15) is 23.6 Å². The van der Waals surface area contributed by atoms with Gasteiger partial charge in [0.05, 0.1) is 19.4 Å². The highest BCUT2D eigenvalue weighted by molar-refractivity contribution is 7.80. The van der Waals surface area contributed by atoms with Crippen LogP contribution in [0.4, 0.5) is 5.69 Å². The smallest absolute Gasteiger partial charge is 0.281 e. The van der Waals surface area contributed by atoms with E-state index in [1.807, 2.05) is 57.2 Å². The second-order valence-electron chi connectivity index (χ2n) is 6.19. The Balaban J connectivity index is 1.95. The third kappa shape index (κ3) is 3.66. The summed E-state index contributed by atoms with van der Waals surface area (Å²) in [6.45, 7) is 6.44. The van der Waals surface area contributed by atoms with Crippen molar-refractivity contribution in [3.05, 3.63) is 58.8 Å². The monoisotopic (exact) mass is 382 g/mol. The number of rotatable bonds is 5. The quantitative estimate of drug-likeness (QED) is 0.626. The zero-order valence-corrected chi connectivity index (χ0v) is 16.6. The maximum Gasteiger partial charge on any atom is 0.281 e. The van der Waals surface area contributed by atoms with Gasteiger partial charge in [0.25, 0.3) is 5.91 Å². The largest absolute Gasteiger partial charge is 0.493 e. The Hall–Kier alpha value is -2.86. The molecular weight excluding hydrogens is 360 g/mol. The van der Waals surface area contributed by atoms with Gasteiger partial charge >= 0.3 is 0 Å². The molecule has 5 nitrogen and oxygen atoms in total. The molecule has 0 aliphatic carbocycles. The molecule has 0 atom stereocenters. The van der Waals surface area contributed by atoms with E-state index < -0.39 is 0 Å². The van der Waals surface area contributed by atoms with Crippen LogP contribution in [0.15, 0.2) is 42.1 Å². The Morgan fingerprint density at radius 3 is 2.67 bits per heavy atom. The molecule has 0 bridgehead atoms. The lowest BCUT2D eigenvalue weighted by Gasteiger charge is -2.18. The highest BCUT2D eigenvalue weighted by atomic mass is 32.1. The van der Waals surface area contributed by atoms with Gasteiger partial charge in [-0.15, -0.1) is 0 Å². The Morgan fingerprint density at radius 1 is 1.19 bits per heavy atom. The number of thiocarbonyl (C=S) groups is 1. The molecule has 0 radical (unpaired) electrons. The standard InChI is InChI=1S/C21H22N2O3S/c1-5-26-19-12-15(9-10-18(19)25-4)11-16-20(24)23(21(27)22-16)17-8-6-7-13(2)14(17)3/h6-12H,5H2,1-4H3,(H,22,27)/b16-11-. The summed E-state index contributed by atoms with van der Waals surface area (Å²) in [6, 6.07) is 11.4. The zero-order chi connectivity index (χ0) is 19.6. The van der Waals surface area contributed by atoms with Gasteiger partial charge in [-0.05, 0) is 74.0 Å². The molecular formula is C21H22N2O3S. The summed E-state index contributed by atoms with van der Waals surface area (Å²) >= 11 is 5.41. The van der Waals surface area contributed by atoms with Gasteiger partial charge in [-0.1, -0.05) is 18.2 Å². The zero-order valence-electron chi connectivity index (χ0n) is 15.8. The van der Waals surface area contributed by atoms with Crippen molar-refractivity contribution in [2.45, 2.75) is 20.8 Å². The summed E-state index contributed by atoms with van der Waals surface area (Å²) in [5.41, 5.74) is 4.18. The second-order valence-corrected chi connectivity index (χ2v) is 6.58. The molecule has 0 spiro atoms. The van der Waals surface area contributed by atoms with E-state index in [-0.39, 0.29) is 5.91 Å². The number of carbonyl (C=O) groups is 1. The maximum absolute atomic E-state index is 13.0. The van der Waals surface area contributed by atoms with Gasteiger partial charge in [0, 0.05) is 0 Å². The first-order valence-corrected chi connectivity index (χ1v) is 9.11. The van der Waals surface area contributed by atoms with Crippen LogP contribution in [-0.4, -0.2) is 24.7 Å². The maximum atomic E-state index is 13.0. The van der Waals surface area contributed by atoms with Gasteiger partial charge in [0.15, 0.2) is 16.6 Å². The molecule has 3 rings (SSSR count). The molecule has 0 aromatic heterocycles. The van der Waals surface area contributed by atoms with Crippen molar-refractivity contribution in [3.63, 3.8) is 0 Å². The number of nitrogens with one attached hydrogen (secondary N) is 1. The predicted octanol–water partition coefficient (Wildman–Crippen LogP) is 3.97. The summed E-state index contributed by atoms with van der Waals surface area (Å²) < 4.78 is 10.9. The van der Waals surface area contributed by atoms with E-state index in [1.165, 1.54) is 4.90 Å². The van der Waals surface area contributed by atoms with Crippen molar-refractivity contribution in [2.75, 3.05) is 18.6 Å². The fourth-order valence-electron chi connectivity index (χ4n) is 2.95. The lowest BCUT2D eigenvalue weighted by molar-refractivity contribution is -0.113. The minimum absolute atomic E-state index is 0.178. The molecule has 1 fully saturated rings. The summed E-state index contributed by atoms with van der Waals surface area (Å²) in [4.78, 5) is 14.5. The van der Waals surface area contributed by atoms with Crippen molar-refractivity contribution < 1.29 is 14.3 Å². The minimum atomic E-state index is -0.178. The van der Waals surface area contributed by atoms with Gasteiger partial charge in [-0.2, -0.15) is 0 Å². The number of nitrogens with zero attached hydrogens (tertiary/aromatic N) is 1. The number of amides is 1. The summed E-state index contributed by atoms with van der Waals surface area (Å²) in [7, 11) is 1.60. The van der Waals surface area contributed by atoms with E-state index in [1.54, 1.807) is 13.2 Å². The molecule has 2 aromatic carbocycles. The molecule has 1 N–H and O–H groups in total. The highest BCUT2D eigenvalue weighted by Crippen LogP contribution is 2.31. The Kier molecular flexibility index (Phi) is 5.46. The van der Waals surface area contributed by atoms with Crippen molar-refractivity contribution in [1.82, 2.24) is 5.32 Å². The normalized spacial score (nSPS) is 15.3. The molecule has 140 valence electrons. The Morgan fingerprint density at radius 2 is 1.96 bits per heavy atom. The topological polar surface area (TPSA) is 50.8 Å². The van der Waals surface area contributed by atoms with E-state index in [9.17, 15) is 4.79 Å². The van der Waals surface area contributed by atoms with Gasteiger partial charge < -0.3 is 14.8 Å². The van der Waals surface area contributed by atoms with Gasteiger partial charge in [0.2, 0.25) is 0 Å². The van der Waals surface area contributed by atoms with Crippen LogP contribution in [0.3, 0.4) is 0 Å². The van der Waals surface area contributed by atoms with Crippen molar-refractivity contribution in [3.8, 4) is 11.5 Å². The van der Waals surface area contributed by atoms with E-state index in [2.05, 4.69) is 5.32 Å². The third-order valence-electron chi connectivity index (χ3n) is 4.49. The minimum Gasteiger partial charge on any atom is -0.493 e. The number of aryl methyl sites for hydroxylation is 1. The number of ether oxygens (including phenoxy) is 2. The summed E-state index contributed by atoms with van der Waals surface area (Å²) in [6.07, 6.45) is 1.77. The fraction of sp³-hybridized carbons (Fsp3) is 0.238. The van der Waals surface area contributed by atoms with Crippen LogP contribution in [0.25, 0.3) is 6.08 Å². The SMILES string of the molecule is CCOc1cc(/C=C2\NC(=S)N(c3cccc(C)c3C)C2=O)ccc1OC. The third-order valence-corrected chi connectivity index (χ3v) is 4.78. The molecule has 6 heteroatoms. The first kappa shape index (κ1) is 18.9. The Labute approximate surface area is 164 Å². The van der Waals surface area contributed by atoms with Crippen LogP contribution >= 0.6 is 12.2 Å². The van der Waals surface area contributed by atoms with Gasteiger partial charge in [0.1, 0.15) is 5.70 Å². The number of hydrogen-bond donors (Lipinski definition) is 1. The molecule has 1 aliphatic heterocycles. The summed E-state index contributed by atoms with van der Waals surface area (Å²) in [5.74, 6) is 1.11. The van der Waals surface area contributed by atoms with Crippen LogP contribution in [0, 0.1) is 13.8 Å². The van der Waals surface area contributed by atoms with Gasteiger partial charge in [-0.25, -0.2) is 0 Å². The second kappa shape index (κ2) is 7.80. The van der Waals surface area contributed by atoms with E-state index in [0.29, 0.717) is 28.9 Å². The number of carbonyl (C=O) groups excluding carboxylic acids is 1. The average Bonchev–Trinajstić information content (AvgIpc) is 2.92. The summed E-state index contributed by atoms with van der Waals surface area (Å²) in [5, 5.41) is 3.40. The van der Waals surface area contributed by atoms with E-state index in [4.69, 9.17) is 21.7 Å². The molecule has 27 heavy (non-hydrogen) atoms. The molecule has 0 unspecified atom stereocenters. The predicted molar refractivity (Wildman–Crippen MR) is 111 cm³/mol. The van der Waals surface area contributed by atoms with Crippen LogP contribution < -0.4 is 19.7 Å². The molecule has 1 aliphatic rings. The molecule has 2 aromatic rings. The van der Waals surface area contributed by atoms with E-state index >= 15 is 0 Å². The molecule has 1 saturated heterocycles. The fourth-order valence-corrected chi connectivity index (χ4v) is 3.24. The number of anilines is 1. The number of hydrogen-bond acceptors (Lipinski definition) is 4.